The maximum atomic E-state index is 12.8. The second-order valence-electron chi connectivity index (χ2n) is 7.55. The average Bonchev–Trinajstić information content (AvgIpc) is 3.39. The van der Waals surface area contributed by atoms with E-state index < -0.39 is 29.6 Å². The molecule has 1 aliphatic heterocycles. The lowest BCUT2D eigenvalue weighted by molar-refractivity contribution is -0.127. The fourth-order valence-corrected chi connectivity index (χ4v) is 4.26. The Hall–Kier alpha value is -4.31. The Morgan fingerprint density at radius 3 is 2.66 bits per heavy atom. The second kappa shape index (κ2) is 9.90. The van der Waals surface area contributed by atoms with E-state index in [0.29, 0.717) is 40.3 Å². The second-order valence-corrected chi connectivity index (χ2v) is 8.55. The largest absolute Gasteiger partial charge is 0.495 e. The molecule has 0 spiro atoms. The van der Waals surface area contributed by atoms with E-state index in [2.05, 4.69) is 5.32 Å². The number of benzene rings is 2. The van der Waals surface area contributed by atoms with E-state index in [4.69, 9.17) is 9.15 Å². The topological polar surface area (TPSA) is 126 Å². The molecule has 0 radical (unpaired) electrons. The number of imide groups is 1. The number of nitrogens with zero attached hydrogens (tertiary/aromatic N) is 1. The number of furan rings is 1. The number of ether oxygens (including phenoxy) is 1. The number of aromatic carboxylic acids is 1. The van der Waals surface area contributed by atoms with Crippen molar-refractivity contribution in [1.82, 2.24) is 4.90 Å². The van der Waals surface area contributed by atoms with Gasteiger partial charge in [0.15, 0.2) is 0 Å². The summed E-state index contributed by atoms with van der Waals surface area (Å²) in [6.45, 7) is 1.37. The zero-order chi connectivity index (χ0) is 25.1. The van der Waals surface area contributed by atoms with Crippen molar-refractivity contribution in [2.75, 3.05) is 19.0 Å². The van der Waals surface area contributed by atoms with Crippen LogP contribution < -0.4 is 10.1 Å². The van der Waals surface area contributed by atoms with E-state index in [1.807, 2.05) is 6.92 Å². The highest BCUT2D eigenvalue weighted by atomic mass is 32.2. The summed E-state index contributed by atoms with van der Waals surface area (Å²) < 4.78 is 11.0. The predicted octanol–water partition coefficient (Wildman–Crippen LogP) is 4.64. The Labute approximate surface area is 204 Å². The molecule has 2 aromatic carbocycles. The molecule has 0 unspecified atom stereocenters. The molecule has 4 rings (SSSR count). The van der Waals surface area contributed by atoms with Crippen molar-refractivity contribution in [3.05, 3.63) is 76.4 Å². The van der Waals surface area contributed by atoms with Gasteiger partial charge in [-0.1, -0.05) is 18.2 Å². The molecule has 2 heterocycles. The summed E-state index contributed by atoms with van der Waals surface area (Å²) in [6, 6.07) is 14.8. The number of hydrogen-bond acceptors (Lipinski definition) is 7. The molecule has 0 aliphatic carbocycles. The fourth-order valence-electron chi connectivity index (χ4n) is 3.44. The molecule has 1 saturated heterocycles. The van der Waals surface area contributed by atoms with Gasteiger partial charge < -0.3 is 19.6 Å². The summed E-state index contributed by atoms with van der Waals surface area (Å²) in [6.07, 6.45) is 1.42. The number of carbonyl (C=O) groups excluding carboxylic acids is 3. The monoisotopic (exact) mass is 492 g/mol. The van der Waals surface area contributed by atoms with Gasteiger partial charge in [0.25, 0.3) is 11.1 Å². The van der Waals surface area contributed by atoms with Crippen LogP contribution in [-0.4, -0.2) is 46.7 Å². The number of para-hydroxylation sites is 2. The van der Waals surface area contributed by atoms with Gasteiger partial charge in [-0.2, -0.15) is 0 Å². The zero-order valence-electron chi connectivity index (χ0n) is 18.7. The van der Waals surface area contributed by atoms with E-state index in [-0.39, 0.29) is 10.5 Å². The first-order valence-electron chi connectivity index (χ1n) is 10.4. The first-order valence-corrected chi connectivity index (χ1v) is 11.2. The lowest BCUT2D eigenvalue weighted by atomic mass is 10.0. The van der Waals surface area contributed by atoms with Crippen LogP contribution in [0.25, 0.3) is 17.4 Å². The summed E-state index contributed by atoms with van der Waals surface area (Å²) in [5.41, 5.74) is 1.96. The Morgan fingerprint density at radius 2 is 1.91 bits per heavy atom. The molecular formula is C25H20N2O7S. The first kappa shape index (κ1) is 23.8. The number of anilines is 1. The molecule has 0 saturated carbocycles. The molecule has 1 aromatic heterocycles. The Kier molecular flexibility index (Phi) is 6.74. The minimum atomic E-state index is -1.05. The maximum Gasteiger partial charge on any atom is 0.335 e. The maximum absolute atomic E-state index is 12.8. The van der Waals surface area contributed by atoms with Crippen molar-refractivity contribution in [2.45, 2.75) is 6.92 Å². The van der Waals surface area contributed by atoms with E-state index in [9.17, 15) is 24.3 Å². The van der Waals surface area contributed by atoms with Crippen LogP contribution in [0.1, 0.15) is 21.7 Å². The molecule has 0 bridgehead atoms. The van der Waals surface area contributed by atoms with Gasteiger partial charge in [-0.3, -0.25) is 19.3 Å². The SMILES string of the molecule is COc1ccccc1NC(=O)CN1C(=O)S/C(=C\c2ccc(-c3cc(C(=O)O)ccc3C)o2)C1=O. The van der Waals surface area contributed by atoms with E-state index in [1.54, 1.807) is 42.5 Å². The molecular weight excluding hydrogens is 472 g/mol. The molecule has 3 amide bonds. The van der Waals surface area contributed by atoms with E-state index >= 15 is 0 Å². The molecule has 1 aliphatic rings. The van der Waals surface area contributed by atoms with E-state index in [0.717, 1.165) is 10.5 Å². The number of carbonyl (C=O) groups is 4. The van der Waals surface area contributed by atoms with Gasteiger partial charge in [-0.05, 0) is 60.6 Å². The van der Waals surface area contributed by atoms with Crippen LogP contribution in [0.2, 0.25) is 0 Å². The minimum absolute atomic E-state index is 0.108. The predicted molar refractivity (Wildman–Crippen MR) is 130 cm³/mol. The van der Waals surface area contributed by atoms with Gasteiger partial charge in [-0.25, -0.2) is 4.79 Å². The van der Waals surface area contributed by atoms with Crippen LogP contribution in [-0.2, 0) is 9.59 Å². The Morgan fingerprint density at radius 1 is 1.14 bits per heavy atom. The first-order chi connectivity index (χ1) is 16.8. The van der Waals surface area contributed by atoms with Crippen LogP contribution in [0.4, 0.5) is 10.5 Å². The Bertz CT molecular complexity index is 1380. The minimum Gasteiger partial charge on any atom is -0.495 e. The molecule has 1 fully saturated rings. The van der Waals surface area contributed by atoms with Crippen molar-refractivity contribution < 1.29 is 33.4 Å². The Balaban J connectivity index is 1.49. The highest BCUT2D eigenvalue weighted by Crippen LogP contribution is 2.34. The van der Waals surface area contributed by atoms with Gasteiger partial charge in [0.05, 0.1) is 23.3 Å². The molecule has 35 heavy (non-hydrogen) atoms. The highest BCUT2D eigenvalue weighted by molar-refractivity contribution is 8.18. The quantitative estimate of drug-likeness (QED) is 0.457. The van der Waals surface area contributed by atoms with Gasteiger partial charge in [0.1, 0.15) is 23.8 Å². The fraction of sp³-hybridized carbons (Fsp3) is 0.120. The highest BCUT2D eigenvalue weighted by Gasteiger charge is 2.36. The molecule has 9 nitrogen and oxygen atoms in total. The number of nitrogens with one attached hydrogen (secondary N) is 1. The molecule has 178 valence electrons. The molecule has 2 N–H and O–H groups in total. The number of carboxylic acid groups (broad SMARTS) is 1. The van der Waals surface area contributed by atoms with E-state index in [1.165, 1.54) is 25.3 Å². The van der Waals surface area contributed by atoms with Crippen molar-refractivity contribution in [3.63, 3.8) is 0 Å². The van der Waals surface area contributed by atoms with Gasteiger partial charge >= 0.3 is 5.97 Å². The number of rotatable bonds is 7. The standard InChI is InChI=1S/C25H20N2O7S/c1-14-7-8-15(24(30)31)11-17(14)19-10-9-16(34-19)12-21-23(29)27(25(32)35-21)13-22(28)26-18-5-3-4-6-20(18)33-2/h3-12H,13H2,1-2H3,(H,26,28)(H,30,31)/b21-12-. The summed E-state index contributed by atoms with van der Waals surface area (Å²) >= 11 is 0.703. The number of hydrogen-bond donors (Lipinski definition) is 2. The van der Waals surface area contributed by atoms with Crippen molar-refractivity contribution in [1.29, 1.82) is 0 Å². The number of aryl methyl sites for hydroxylation is 1. The van der Waals surface area contributed by atoms with Crippen molar-refractivity contribution in [3.8, 4) is 17.1 Å². The zero-order valence-corrected chi connectivity index (χ0v) is 19.5. The van der Waals surface area contributed by atoms with Gasteiger partial charge in [-0.15, -0.1) is 0 Å². The smallest absolute Gasteiger partial charge is 0.335 e. The van der Waals surface area contributed by atoms with Crippen molar-refractivity contribution in [2.24, 2.45) is 0 Å². The number of methoxy groups -OCH3 is 1. The number of thioether (sulfide) groups is 1. The van der Waals surface area contributed by atoms with Crippen LogP contribution in [0, 0.1) is 6.92 Å². The lowest BCUT2D eigenvalue weighted by Crippen LogP contribution is -2.36. The van der Waals surface area contributed by atoms with Crippen LogP contribution in [0.15, 0.2) is 63.9 Å². The van der Waals surface area contributed by atoms with Crippen LogP contribution >= 0.6 is 11.8 Å². The summed E-state index contributed by atoms with van der Waals surface area (Å²) in [5.74, 6) is -1.03. The third-order valence-corrected chi connectivity index (χ3v) is 6.11. The summed E-state index contributed by atoms with van der Waals surface area (Å²) in [7, 11) is 1.47. The third kappa shape index (κ3) is 5.12. The molecule has 3 aromatic rings. The van der Waals surface area contributed by atoms with Crippen LogP contribution in [0.3, 0.4) is 0 Å². The van der Waals surface area contributed by atoms with Gasteiger partial charge in [0.2, 0.25) is 5.91 Å². The van der Waals surface area contributed by atoms with Crippen molar-refractivity contribution >= 4 is 46.5 Å². The normalized spacial score (nSPS) is 14.5. The lowest BCUT2D eigenvalue weighted by Gasteiger charge is -2.14. The summed E-state index contributed by atoms with van der Waals surface area (Å²) in [5, 5.41) is 11.3. The summed E-state index contributed by atoms with van der Waals surface area (Å²) in [4.78, 5) is 49.9. The molecule has 0 atom stereocenters. The molecule has 10 heteroatoms. The number of carboxylic acids is 1. The van der Waals surface area contributed by atoms with Gasteiger partial charge in [0, 0.05) is 11.6 Å². The number of amides is 3. The van der Waals surface area contributed by atoms with Crippen LogP contribution in [0.5, 0.6) is 5.75 Å². The third-order valence-electron chi connectivity index (χ3n) is 5.21. The average molecular weight is 493 g/mol.